The maximum atomic E-state index is 13.1. The Morgan fingerprint density at radius 1 is 1.20 bits per heavy atom. The minimum absolute atomic E-state index is 0.0752. The minimum Gasteiger partial charge on any atom is -0.246 e. The molecule has 15 heavy (non-hydrogen) atoms. The molecule has 0 atom stereocenters. The van der Waals surface area contributed by atoms with Gasteiger partial charge in [-0.05, 0) is 18.2 Å². The van der Waals surface area contributed by atoms with E-state index in [0.717, 1.165) is 6.07 Å². The molecule has 0 aliphatic heterocycles. The first kappa shape index (κ1) is 9.89. The first-order valence-electron chi connectivity index (χ1n) is 4.02. The average Bonchev–Trinajstić information content (AvgIpc) is 2.15. The Hall–Kier alpha value is -1.65. The summed E-state index contributed by atoms with van der Waals surface area (Å²) in [4.78, 5) is 3.60. The van der Waals surface area contributed by atoms with Crippen LogP contribution in [0.5, 0.6) is 0 Å². The molecule has 0 aliphatic carbocycles. The average molecular weight is 214 g/mol. The van der Waals surface area contributed by atoms with Gasteiger partial charge in [0.15, 0.2) is 0 Å². The van der Waals surface area contributed by atoms with Crippen molar-refractivity contribution in [1.29, 1.82) is 0 Å². The number of fused-ring (bicyclic) bond motifs is 1. The highest BCUT2D eigenvalue weighted by Gasteiger charge is 2.34. The molecule has 2 rings (SSSR count). The van der Waals surface area contributed by atoms with Gasteiger partial charge in [-0.1, -0.05) is 6.07 Å². The van der Waals surface area contributed by atoms with E-state index < -0.39 is 17.6 Å². The van der Waals surface area contributed by atoms with Gasteiger partial charge in [0.1, 0.15) is 5.82 Å². The topological polar surface area (TPSA) is 12.9 Å². The molecule has 1 heterocycles. The molecule has 1 radical (unpaired) electrons. The van der Waals surface area contributed by atoms with Crippen LogP contribution >= 0.6 is 0 Å². The van der Waals surface area contributed by atoms with Gasteiger partial charge in [0.25, 0.3) is 0 Å². The van der Waals surface area contributed by atoms with E-state index in [1.807, 2.05) is 0 Å². The number of pyridine rings is 1. The summed E-state index contributed by atoms with van der Waals surface area (Å²) in [5.41, 5.74) is -1.23. The summed E-state index contributed by atoms with van der Waals surface area (Å²) in [5.74, 6) is -1.29. The molecule has 0 aliphatic rings. The van der Waals surface area contributed by atoms with Crippen molar-refractivity contribution in [2.75, 3.05) is 0 Å². The number of hydrogen-bond acceptors (Lipinski definition) is 1. The van der Waals surface area contributed by atoms with Gasteiger partial charge in [0.2, 0.25) is 0 Å². The molecule has 1 aromatic heterocycles. The van der Waals surface area contributed by atoms with E-state index in [-0.39, 0.29) is 5.52 Å². The fourth-order valence-electron chi connectivity index (χ4n) is 1.26. The smallest absolute Gasteiger partial charge is 0.246 e. The first-order chi connectivity index (χ1) is 6.98. The number of aromatic nitrogens is 1. The van der Waals surface area contributed by atoms with Gasteiger partial charge in [0.05, 0.1) is 17.3 Å². The van der Waals surface area contributed by atoms with E-state index in [1.165, 1.54) is 12.1 Å². The fourth-order valence-corrected chi connectivity index (χ4v) is 1.26. The Kier molecular flexibility index (Phi) is 2.10. The molecule has 0 bridgehead atoms. The van der Waals surface area contributed by atoms with Crippen LogP contribution in [0.15, 0.2) is 24.3 Å². The van der Waals surface area contributed by atoms with Crippen LogP contribution in [0.4, 0.5) is 17.6 Å². The Morgan fingerprint density at radius 3 is 2.60 bits per heavy atom. The Labute approximate surface area is 82.4 Å². The Bertz CT molecular complexity index is 504. The van der Waals surface area contributed by atoms with Crippen LogP contribution in [0.25, 0.3) is 10.9 Å². The minimum atomic E-state index is -4.70. The van der Waals surface area contributed by atoms with E-state index in [0.29, 0.717) is 11.5 Å². The lowest BCUT2D eigenvalue weighted by Crippen LogP contribution is -2.08. The Morgan fingerprint density at radius 2 is 1.93 bits per heavy atom. The van der Waals surface area contributed by atoms with Crippen molar-refractivity contribution in [3.8, 4) is 0 Å². The van der Waals surface area contributed by atoms with Crippen molar-refractivity contribution in [3.63, 3.8) is 0 Å². The molecule has 1 aromatic carbocycles. The van der Waals surface area contributed by atoms with Crippen LogP contribution < -0.4 is 0 Å². The third kappa shape index (κ3) is 1.77. The molecule has 0 N–H and O–H groups in total. The molecular weight excluding hydrogens is 210 g/mol. The van der Waals surface area contributed by atoms with Crippen molar-refractivity contribution in [1.82, 2.24) is 4.98 Å². The summed E-state index contributed by atoms with van der Waals surface area (Å²) in [6.07, 6.45) is -2.30. The van der Waals surface area contributed by atoms with Crippen molar-refractivity contribution in [3.05, 3.63) is 41.8 Å². The van der Waals surface area contributed by atoms with Crippen LogP contribution in [-0.2, 0) is 6.18 Å². The van der Waals surface area contributed by atoms with Crippen LogP contribution in [0.3, 0.4) is 0 Å². The first-order valence-corrected chi connectivity index (χ1v) is 4.02. The van der Waals surface area contributed by atoms with Crippen LogP contribution in [-0.4, -0.2) is 4.98 Å². The normalized spacial score (nSPS) is 12.0. The summed E-state index contributed by atoms with van der Waals surface area (Å²) in [7, 11) is 0. The highest BCUT2D eigenvalue weighted by Crippen LogP contribution is 2.33. The zero-order chi connectivity index (χ0) is 11.1. The van der Waals surface area contributed by atoms with E-state index in [2.05, 4.69) is 11.2 Å². The predicted molar refractivity (Wildman–Crippen MR) is 45.5 cm³/mol. The maximum absolute atomic E-state index is 13.1. The van der Waals surface area contributed by atoms with Crippen molar-refractivity contribution in [2.24, 2.45) is 0 Å². The van der Waals surface area contributed by atoms with Crippen molar-refractivity contribution in [2.45, 2.75) is 6.18 Å². The molecule has 0 fully saturated rings. The van der Waals surface area contributed by atoms with Crippen molar-refractivity contribution < 1.29 is 17.6 Å². The standard InChI is InChI=1S/C10H4F4N/c11-8-4-6-2-1-3-15-9(6)5-7(8)10(12,13)14/h1-2,4-5H. The monoisotopic (exact) mass is 214 g/mol. The molecule has 0 spiro atoms. The molecule has 0 saturated carbocycles. The van der Waals surface area contributed by atoms with E-state index in [4.69, 9.17) is 0 Å². The van der Waals surface area contributed by atoms with Gasteiger partial charge in [-0.25, -0.2) is 9.37 Å². The maximum Gasteiger partial charge on any atom is 0.419 e. The van der Waals surface area contributed by atoms with E-state index >= 15 is 0 Å². The van der Waals surface area contributed by atoms with E-state index in [9.17, 15) is 17.6 Å². The van der Waals surface area contributed by atoms with Gasteiger partial charge < -0.3 is 0 Å². The van der Waals surface area contributed by atoms with Gasteiger partial charge in [-0.3, -0.25) is 0 Å². The molecular formula is C10H4F4N. The third-order valence-corrected chi connectivity index (χ3v) is 1.94. The number of rotatable bonds is 0. The van der Waals surface area contributed by atoms with Crippen molar-refractivity contribution >= 4 is 10.9 Å². The lowest BCUT2D eigenvalue weighted by atomic mass is 10.1. The number of alkyl halides is 3. The number of hydrogen-bond donors (Lipinski definition) is 0. The quantitative estimate of drug-likeness (QED) is 0.613. The van der Waals surface area contributed by atoms with Gasteiger partial charge in [-0.15, -0.1) is 0 Å². The summed E-state index contributed by atoms with van der Waals surface area (Å²) in [6.45, 7) is 0. The zero-order valence-corrected chi connectivity index (χ0v) is 7.27. The molecule has 0 amide bonds. The fraction of sp³-hybridized carbons (Fsp3) is 0.100. The summed E-state index contributed by atoms with van der Waals surface area (Å²) in [5, 5.41) is 0.319. The predicted octanol–water partition coefficient (Wildman–Crippen LogP) is 3.19. The van der Waals surface area contributed by atoms with Gasteiger partial charge in [0, 0.05) is 5.39 Å². The van der Waals surface area contributed by atoms with Gasteiger partial charge >= 0.3 is 6.18 Å². The highest BCUT2D eigenvalue weighted by molar-refractivity contribution is 5.79. The number of benzene rings is 1. The second-order valence-corrected chi connectivity index (χ2v) is 2.96. The molecule has 0 unspecified atom stereocenters. The second-order valence-electron chi connectivity index (χ2n) is 2.96. The SMILES string of the molecule is Fc1cc2cc[c]nc2cc1C(F)(F)F. The van der Waals surface area contributed by atoms with E-state index in [1.54, 1.807) is 0 Å². The third-order valence-electron chi connectivity index (χ3n) is 1.94. The summed E-state index contributed by atoms with van der Waals surface area (Å²) >= 11 is 0. The summed E-state index contributed by atoms with van der Waals surface area (Å²) in [6, 6.07) is 4.36. The Balaban J connectivity index is 2.73. The lowest BCUT2D eigenvalue weighted by Gasteiger charge is -2.08. The molecule has 2 aromatic rings. The lowest BCUT2D eigenvalue weighted by molar-refractivity contribution is -0.139. The highest BCUT2D eigenvalue weighted by atomic mass is 19.4. The largest absolute Gasteiger partial charge is 0.419 e. The molecule has 1 nitrogen and oxygen atoms in total. The molecule has 77 valence electrons. The zero-order valence-electron chi connectivity index (χ0n) is 7.27. The number of halogens is 4. The van der Waals surface area contributed by atoms with Gasteiger partial charge in [-0.2, -0.15) is 13.2 Å². The molecule has 0 saturated heterocycles. The number of nitrogens with zero attached hydrogens (tertiary/aromatic N) is 1. The van der Waals surface area contributed by atoms with Crippen LogP contribution in [0, 0.1) is 12.0 Å². The molecule has 5 heteroatoms. The second kappa shape index (κ2) is 3.18. The summed E-state index contributed by atoms with van der Waals surface area (Å²) < 4.78 is 50.0. The van der Waals surface area contributed by atoms with Crippen LogP contribution in [0.2, 0.25) is 0 Å². The van der Waals surface area contributed by atoms with Crippen LogP contribution in [0.1, 0.15) is 5.56 Å².